The van der Waals surface area contributed by atoms with E-state index in [-0.39, 0.29) is 14.8 Å². The number of alkyl halides is 3. The second-order valence-electron chi connectivity index (χ2n) is 2.98. The van der Waals surface area contributed by atoms with Crippen molar-refractivity contribution in [3.05, 3.63) is 26.8 Å². The van der Waals surface area contributed by atoms with Gasteiger partial charge in [0.1, 0.15) is 0 Å². The van der Waals surface area contributed by atoms with Crippen LogP contribution < -0.4 is 5.73 Å². The van der Waals surface area contributed by atoms with Crippen molar-refractivity contribution in [3.63, 3.8) is 0 Å². The number of rotatable bonds is 1. The zero-order valence-corrected chi connectivity index (χ0v) is 9.81. The van der Waals surface area contributed by atoms with Gasteiger partial charge >= 0.3 is 6.18 Å². The van der Waals surface area contributed by atoms with E-state index in [4.69, 9.17) is 5.73 Å². The van der Waals surface area contributed by atoms with Gasteiger partial charge in [-0.3, -0.25) is 4.79 Å². The summed E-state index contributed by atoms with van der Waals surface area (Å²) in [4.78, 5) is 11.0. The minimum absolute atomic E-state index is 0.0276. The van der Waals surface area contributed by atoms with E-state index in [9.17, 15) is 18.0 Å². The largest absolute Gasteiger partial charge is 0.417 e. The first-order valence-corrected chi connectivity index (χ1v) is 4.98. The van der Waals surface area contributed by atoms with Crippen LogP contribution in [0.4, 0.5) is 18.9 Å². The number of hydrogen-bond donors (Lipinski definition) is 1. The Balaban J connectivity index is 3.45. The van der Waals surface area contributed by atoms with E-state index in [1.807, 2.05) is 0 Å². The zero-order chi connectivity index (χ0) is 11.8. The Morgan fingerprint density at radius 2 is 1.93 bits per heavy atom. The van der Waals surface area contributed by atoms with Crippen molar-refractivity contribution >= 4 is 34.1 Å². The van der Waals surface area contributed by atoms with E-state index in [0.29, 0.717) is 0 Å². The van der Waals surface area contributed by atoms with Gasteiger partial charge in [0.15, 0.2) is 5.78 Å². The third-order valence-corrected chi connectivity index (χ3v) is 3.02. The number of ketones is 1. The molecule has 0 saturated carbocycles. The van der Waals surface area contributed by atoms with Gasteiger partial charge in [0.05, 0.1) is 5.56 Å². The third kappa shape index (κ3) is 2.61. The average molecular weight is 329 g/mol. The van der Waals surface area contributed by atoms with Crippen LogP contribution >= 0.6 is 22.6 Å². The molecule has 0 aliphatic rings. The minimum Gasteiger partial charge on any atom is -0.398 e. The molecule has 82 valence electrons. The van der Waals surface area contributed by atoms with Crippen LogP contribution in [0.1, 0.15) is 22.8 Å². The summed E-state index contributed by atoms with van der Waals surface area (Å²) in [5.74, 6) is -0.441. The molecule has 1 aromatic rings. The van der Waals surface area contributed by atoms with Gasteiger partial charge in [-0.25, -0.2) is 0 Å². The second-order valence-corrected chi connectivity index (χ2v) is 4.06. The first-order valence-electron chi connectivity index (χ1n) is 3.90. The summed E-state index contributed by atoms with van der Waals surface area (Å²) >= 11 is 1.51. The maximum atomic E-state index is 12.5. The molecule has 0 amide bonds. The lowest BCUT2D eigenvalue weighted by atomic mass is 10.1. The zero-order valence-electron chi connectivity index (χ0n) is 7.65. The standard InChI is InChI=1S/C9H7F3INO/c1-4(15)5-2-6(9(10,11)12)8(13)7(14)3-5/h2-3H,14H2,1H3. The predicted octanol–water partition coefficient (Wildman–Crippen LogP) is 3.09. The number of nitrogens with two attached hydrogens (primary N) is 1. The molecule has 0 bridgehead atoms. The molecule has 0 saturated heterocycles. The number of benzene rings is 1. The quantitative estimate of drug-likeness (QED) is 0.489. The lowest BCUT2D eigenvalue weighted by Crippen LogP contribution is -2.11. The molecule has 2 nitrogen and oxygen atoms in total. The molecule has 15 heavy (non-hydrogen) atoms. The summed E-state index contributed by atoms with van der Waals surface area (Å²) in [6, 6.07) is 2.07. The van der Waals surface area contributed by atoms with Crippen LogP contribution in [0, 0.1) is 3.57 Å². The van der Waals surface area contributed by atoms with E-state index < -0.39 is 17.5 Å². The van der Waals surface area contributed by atoms with E-state index in [1.54, 1.807) is 0 Å². The van der Waals surface area contributed by atoms with Crippen molar-refractivity contribution in [2.75, 3.05) is 5.73 Å². The van der Waals surface area contributed by atoms with Gasteiger partial charge in [0, 0.05) is 14.8 Å². The van der Waals surface area contributed by atoms with E-state index in [2.05, 4.69) is 0 Å². The molecular formula is C9H7F3INO. The van der Waals surface area contributed by atoms with Gasteiger partial charge < -0.3 is 5.73 Å². The summed E-state index contributed by atoms with van der Waals surface area (Å²) in [6.45, 7) is 1.20. The molecule has 0 aromatic heterocycles. The molecule has 1 aromatic carbocycles. The van der Waals surface area contributed by atoms with Crippen LogP contribution in [-0.4, -0.2) is 5.78 Å². The second kappa shape index (κ2) is 3.99. The molecule has 0 aliphatic heterocycles. The fourth-order valence-corrected chi connectivity index (χ4v) is 1.67. The maximum absolute atomic E-state index is 12.5. The Morgan fingerprint density at radius 3 is 2.33 bits per heavy atom. The highest BCUT2D eigenvalue weighted by Gasteiger charge is 2.34. The number of carbonyl (C=O) groups excluding carboxylic acids is 1. The molecule has 0 aliphatic carbocycles. The highest BCUT2D eigenvalue weighted by atomic mass is 127. The van der Waals surface area contributed by atoms with E-state index in [1.165, 1.54) is 35.6 Å². The fraction of sp³-hybridized carbons (Fsp3) is 0.222. The number of nitrogen functional groups attached to an aromatic ring is 1. The predicted molar refractivity (Wildman–Crippen MR) is 58.6 cm³/mol. The average Bonchev–Trinajstić information content (AvgIpc) is 2.06. The number of anilines is 1. The number of Topliss-reactive ketones (excluding diaryl/α,β-unsaturated/α-hetero) is 1. The third-order valence-electron chi connectivity index (χ3n) is 1.81. The molecule has 0 atom stereocenters. The van der Waals surface area contributed by atoms with E-state index in [0.717, 1.165) is 6.07 Å². The minimum atomic E-state index is -4.49. The lowest BCUT2D eigenvalue weighted by Gasteiger charge is -2.12. The van der Waals surface area contributed by atoms with Crippen LogP contribution in [0.25, 0.3) is 0 Å². The summed E-state index contributed by atoms with van der Waals surface area (Å²) in [7, 11) is 0. The molecule has 0 spiro atoms. The molecule has 2 N–H and O–H groups in total. The molecule has 1 rings (SSSR count). The molecule has 0 heterocycles. The van der Waals surface area contributed by atoms with Crippen molar-refractivity contribution in [1.82, 2.24) is 0 Å². The molecule has 6 heteroatoms. The van der Waals surface area contributed by atoms with Crippen molar-refractivity contribution in [2.24, 2.45) is 0 Å². The van der Waals surface area contributed by atoms with Crippen LogP contribution in [0.15, 0.2) is 12.1 Å². The molecular weight excluding hydrogens is 322 g/mol. The summed E-state index contributed by atoms with van der Waals surface area (Å²) in [5.41, 5.74) is 4.47. The Labute approximate surface area is 97.8 Å². The molecule has 0 fully saturated rings. The topological polar surface area (TPSA) is 43.1 Å². The monoisotopic (exact) mass is 329 g/mol. The van der Waals surface area contributed by atoms with Gasteiger partial charge in [-0.15, -0.1) is 0 Å². The number of hydrogen-bond acceptors (Lipinski definition) is 2. The normalized spacial score (nSPS) is 11.5. The van der Waals surface area contributed by atoms with Crippen LogP contribution in [0.5, 0.6) is 0 Å². The van der Waals surface area contributed by atoms with Crippen molar-refractivity contribution in [2.45, 2.75) is 13.1 Å². The van der Waals surface area contributed by atoms with E-state index >= 15 is 0 Å². The summed E-state index contributed by atoms with van der Waals surface area (Å²) < 4.78 is 37.4. The Hall–Kier alpha value is -0.790. The lowest BCUT2D eigenvalue weighted by molar-refractivity contribution is -0.138. The molecule has 0 unspecified atom stereocenters. The van der Waals surface area contributed by atoms with Gasteiger partial charge in [-0.05, 0) is 41.6 Å². The fourth-order valence-electron chi connectivity index (χ4n) is 1.06. The van der Waals surface area contributed by atoms with Crippen molar-refractivity contribution in [3.8, 4) is 0 Å². The summed E-state index contributed by atoms with van der Waals surface area (Å²) in [6.07, 6.45) is -4.49. The highest BCUT2D eigenvalue weighted by molar-refractivity contribution is 14.1. The Bertz CT molecular complexity index is 415. The van der Waals surface area contributed by atoms with Crippen LogP contribution in [-0.2, 0) is 6.18 Å². The SMILES string of the molecule is CC(=O)c1cc(N)c(I)c(C(F)(F)F)c1. The first-order chi connectivity index (χ1) is 6.73. The number of halogens is 4. The van der Waals surface area contributed by atoms with Crippen molar-refractivity contribution < 1.29 is 18.0 Å². The highest BCUT2D eigenvalue weighted by Crippen LogP contribution is 2.36. The van der Waals surface area contributed by atoms with Gasteiger partial charge in [-0.2, -0.15) is 13.2 Å². The Kier molecular flexibility index (Phi) is 3.27. The van der Waals surface area contributed by atoms with Gasteiger partial charge in [-0.1, -0.05) is 0 Å². The van der Waals surface area contributed by atoms with Gasteiger partial charge in [0.25, 0.3) is 0 Å². The Morgan fingerprint density at radius 1 is 1.40 bits per heavy atom. The molecule has 0 radical (unpaired) electrons. The van der Waals surface area contributed by atoms with Crippen molar-refractivity contribution in [1.29, 1.82) is 0 Å². The smallest absolute Gasteiger partial charge is 0.398 e. The van der Waals surface area contributed by atoms with Crippen LogP contribution in [0.3, 0.4) is 0 Å². The summed E-state index contributed by atoms with van der Waals surface area (Å²) in [5, 5.41) is 0. The first kappa shape index (κ1) is 12.3. The van der Waals surface area contributed by atoms with Crippen LogP contribution in [0.2, 0.25) is 0 Å². The number of carbonyl (C=O) groups is 1. The van der Waals surface area contributed by atoms with Gasteiger partial charge in [0.2, 0.25) is 0 Å². The maximum Gasteiger partial charge on any atom is 0.417 e.